The molecule has 0 spiro atoms. The zero-order valence-corrected chi connectivity index (χ0v) is 7.91. The molecule has 0 amide bonds. The number of nitrogens with zero attached hydrogens (tertiary/aromatic N) is 3. The summed E-state index contributed by atoms with van der Waals surface area (Å²) in [5, 5.41) is 0. The lowest BCUT2D eigenvalue weighted by molar-refractivity contribution is -0.128. The average Bonchev–Trinajstić information content (AvgIpc) is 2.42. The van der Waals surface area contributed by atoms with E-state index in [0.29, 0.717) is 11.0 Å². The fourth-order valence-corrected chi connectivity index (χ4v) is 1.44. The third-order valence-electron chi connectivity index (χ3n) is 2.13. The van der Waals surface area contributed by atoms with Gasteiger partial charge in [-0.3, -0.25) is 4.98 Å². The van der Waals surface area contributed by atoms with E-state index in [1.807, 2.05) is 0 Å². The molecule has 0 aromatic carbocycles. The van der Waals surface area contributed by atoms with Crippen LogP contribution in [0.25, 0.3) is 11.0 Å². The number of pyridine rings is 1. The summed E-state index contributed by atoms with van der Waals surface area (Å²) in [4.78, 5) is 7.68. The minimum atomic E-state index is -4.23. The number of rotatable bonds is 1. The van der Waals surface area contributed by atoms with Crippen molar-refractivity contribution in [2.75, 3.05) is 0 Å². The van der Waals surface area contributed by atoms with Gasteiger partial charge in [-0.05, 0) is 6.07 Å². The van der Waals surface area contributed by atoms with Crippen LogP contribution in [0.15, 0.2) is 18.5 Å². The van der Waals surface area contributed by atoms with Crippen LogP contribution in [0, 0.1) is 0 Å². The number of imidazole rings is 1. The van der Waals surface area contributed by atoms with Gasteiger partial charge in [0.1, 0.15) is 17.8 Å². The van der Waals surface area contributed by atoms with Crippen molar-refractivity contribution in [3.8, 4) is 0 Å². The van der Waals surface area contributed by atoms with Crippen molar-refractivity contribution in [2.45, 2.75) is 12.6 Å². The molecule has 0 bridgehead atoms. The minimum absolute atomic E-state index is 0.00509. The van der Waals surface area contributed by atoms with Gasteiger partial charge in [-0.1, -0.05) is 0 Å². The van der Waals surface area contributed by atoms with Crippen LogP contribution in [0.4, 0.5) is 13.2 Å². The zero-order valence-electron chi connectivity index (χ0n) is 7.91. The summed E-state index contributed by atoms with van der Waals surface area (Å²) in [6.07, 6.45) is -2.27. The lowest BCUT2D eigenvalue weighted by Crippen LogP contribution is -2.15. The molecule has 0 saturated heterocycles. The molecule has 0 aliphatic heterocycles. The highest BCUT2D eigenvalue weighted by atomic mass is 19.4. The van der Waals surface area contributed by atoms with E-state index in [2.05, 4.69) is 9.97 Å². The molecule has 0 unspecified atom stereocenters. The third kappa shape index (κ3) is 1.93. The van der Waals surface area contributed by atoms with Crippen LogP contribution < -0.4 is 0 Å². The van der Waals surface area contributed by atoms with Gasteiger partial charge in [-0.2, -0.15) is 13.2 Å². The first kappa shape index (κ1) is 9.95. The Hall–Kier alpha value is -1.59. The Morgan fingerprint density at radius 1 is 1.40 bits per heavy atom. The minimum Gasteiger partial charge on any atom is -0.331 e. The highest BCUT2D eigenvalue weighted by Crippen LogP contribution is 2.22. The molecule has 2 heterocycles. The molecule has 2 aromatic rings. The second-order valence-corrected chi connectivity index (χ2v) is 3.24. The molecule has 0 aliphatic rings. The molecule has 80 valence electrons. The normalized spacial score (nSPS) is 12.3. The summed E-state index contributed by atoms with van der Waals surface area (Å²) in [5.74, 6) is 0.00509. The molecule has 0 fully saturated rings. The van der Waals surface area contributed by atoms with E-state index in [4.69, 9.17) is 0 Å². The van der Waals surface area contributed by atoms with E-state index >= 15 is 0 Å². The number of aromatic nitrogens is 3. The Bertz CT molecular complexity index is 487. The Morgan fingerprint density at radius 2 is 2.13 bits per heavy atom. The topological polar surface area (TPSA) is 30.7 Å². The Labute approximate surface area is 83.6 Å². The average molecular weight is 215 g/mol. The molecule has 0 radical (unpaired) electrons. The zero-order chi connectivity index (χ0) is 11.1. The van der Waals surface area contributed by atoms with Gasteiger partial charge in [-0.25, -0.2) is 4.98 Å². The maximum atomic E-state index is 12.2. The van der Waals surface area contributed by atoms with E-state index in [1.54, 1.807) is 13.1 Å². The SMILES string of the molecule is Cn1c(CC(F)(F)F)nc2cnccc21. The molecule has 0 atom stereocenters. The molecular formula is C9H8F3N3. The summed E-state index contributed by atoms with van der Waals surface area (Å²) >= 11 is 0. The van der Waals surface area contributed by atoms with Gasteiger partial charge in [-0.15, -0.1) is 0 Å². The number of aryl methyl sites for hydroxylation is 1. The molecule has 15 heavy (non-hydrogen) atoms. The molecule has 2 rings (SSSR count). The van der Waals surface area contributed by atoms with Crippen LogP contribution in [0.2, 0.25) is 0 Å². The fraction of sp³-hybridized carbons (Fsp3) is 0.333. The highest BCUT2D eigenvalue weighted by molar-refractivity contribution is 5.74. The van der Waals surface area contributed by atoms with Crippen LogP contribution in [-0.2, 0) is 13.5 Å². The van der Waals surface area contributed by atoms with Gasteiger partial charge in [0.25, 0.3) is 0 Å². The van der Waals surface area contributed by atoms with Gasteiger partial charge in [0, 0.05) is 13.2 Å². The maximum Gasteiger partial charge on any atom is 0.396 e. The molecule has 6 heteroatoms. The van der Waals surface area contributed by atoms with E-state index in [9.17, 15) is 13.2 Å². The summed E-state index contributed by atoms with van der Waals surface area (Å²) in [7, 11) is 1.57. The van der Waals surface area contributed by atoms with Crippen LogP contribution in [0.5, 0.6) is 0 Å². The number of fused-ring (bicyclic) bond motifs is 1. The largest absolute Gasteiger partial charge is 0.396 e. The first-order valence-electron chi connectivity index (χ1n) is 4.29. The predicted octanol–water partition coefficient (Wildman–Crippen LogP) is 2.07. The summed E-state index contributed by atoms with van der Waals surface area (Å²) in [6, 6.07) is 1.64. The molecular weight excluding hydrogens is 207 g/mol. The smallest absolute Gasteiger partial charge is 0.331 e. The Kier molecular flexibility index (Phi) is 2.13. The van der Waals surface area contributed by atoms with Crippen molar-refractivity contribution in [1.29, 1.82) is 0 Å². The molecule has 3 nitrogen and oxygen atoms in total. The number of alkyl halides is 3. The van der Waals surface area contributed by atoms with Crippen molar-refractivity contribution in [1.82, 2.24) is 14.5 Å². The number of halogens is 3. The van der Waals surface area contributed by atoms with E-state index in [0.717, 1.165) is 0 Å². The molecule has 0 N–H and O–H groups in total. The van der Waals surface area contributed by atoms with E-state index in [-0.39, 0.29) is 5.82 Å². The van der Waals surface area contributed by atoms with Gasteiger partial charge in [0.2, 0.25) is 0 Å². The van der Waals surface area contributed by atoms with Crippen LogP contribution in [0.1, 0.15) is 5.82 Å². The number of hydrogen-bond donors (Lipinski definition) is 0. The first-order chi connectivity index (χ1) is 6.97. The van der Waals surface area contributed by atoms with Crippen molar-refractivity contribution < 1.29 is 13.2 Å². The highest BCUT2D eigenvalue weighted by Gasteiger charge is 2.30. The molecule has 0 aliphatic carbocycles. The van der Waals surface area contributed by atoms with Crippen LogP contribution in [0.3, 0.4) is 0 Å². The quantitative estimate of drug-likeness (QED) is 0.729. The van der Waals surface area contributed by atoms with Gasteiger partial charge >= 0.3 is 6.18 Å². The summed E-state index contributed by atoms with van der Waals surface area (Å²) < 4.78 is 38.0. The Balaban J connectivity index is 2.49. The monoisotopic (exact) mass is 215 g/mol. The molecule has 0 saturated carbocycles. The summed E-state index contributed by atoms with van der Waals surface area (Å²) in [6.45, 7) is 0. The van der Waals surface area contributed by atoms with E-state index in [1.165, 1.54) is 17.0 Å². The van der Waals surface area contributed by atoms with Gasteiger partial charge in [0.05, 0.1) is 11.7 Å². The van der Waals surface area contributed by atoms with Crippen molar-refractivity contribution in [3.05, 3.63) is 24.3 Å². The Morgan fingerprint density at radius 3 is 2.73 bits per heavy atom. The van der Waals surface area contributed by atoms with Crippen molar-refractivity contribution in [3.63, 3.8) is 0 Å². The van der Waals surface area contributed by atoms with Crippen molar-refractivity contribution >= 4 is 11.0 Å². The lowest BCUT2D eigenvalue weighted by Gasteiger charge is -2.05. The van der Waals surface area contributed by atoms with Crippen LogP contribution in [-0.4, -0.2) is 20.7 Å². The third-order valence-corrected chi connectivity index (χ3v) is 2.13. The van der Waals surface area contributed by atoms with Gasteiger partial charge in [0.15, 0.2) is 0 Å². The standard InChI is InChI=1S/C9H8F3N3/c1-15-7-2-3-13-5-6(7)14-8(15)4-9(10,11)12/h2-3,5H,4H2,1H3. The van der Waals surface area contributed by atoms with Crippen LogP contribution >= 0.6 is 0 Å². The van der Waals surface area contributed by atoms with Crippen molar-refractivity contribution in [2.24, 2.45) is 7.05 Å². The lowest BCUT2D eigenvalue weighted by atomic mass is 10.4. The second kappa shape index (κ2) is 3.22. The second-order valence-electron chi connectivity index (χ2n) is 3.24. The maximum absolute atomic E-state index is 12.2. The van der Waals surface area contributed by atoms with Gasteiger partial charge < -0.3 is 4.57 Å². The summed E-state index contributed by atoms with van der Waals surface area (Å²) in [5.41, 5.74) is 1.14. The fourth-order valence-electron chi connectivity index (χ4n) is 1.44. The first-order valence-corrected chi connectivity index (χ1v) is 4.29. The molecule has 2 aromatic heterocycles. The number of hydrogen-bond acceptors (Lipinski definition) is 2. The van der Waals surface area contributed by atoms with E-state index < -0.39 is 12.6 Å². The predicted molar refractivity (Wildman–Crippen MR) is 48.3 cm³/mol.